The molecule has 6 heteroatoms. The lowest BCUT2D eigenvalue weighted by Gasteiger charge is -2.05. The topological polar surface area (TPSA) is 82.2 Å². The number of hydrogen-bond donors (Lipinski definition) is 1. The normalized spacial score (nSPS) is 11.2. The Kier molecular flexibility index (Phi) is 4.86. The van der Waals surface area contributed by atoms with Crippen LogP contribution in [-0.4, -0.2) is 20.7 Å². The molecule has 2 N–H and O–H groups in total. The minimum absolute atomic E-state index is 0.202. The molecule has 2 aromatic heterocycles. The summed E-state index contributed by atoms with van der Waals surface area (Å²) in [7, 11) is 0. The monoisotopic (exact) mass is 405 g/mol. The number of rotatable bonds is 5. The highest BCUT2D eigenvalue weighted by Gasteiger charge is 2.21. The van der Waals surface area contributed by atoms with E-state index in [1.165, 1.54) is 0 Å². The van der Waals surface area contributed by atoms with Crippen LogP contribution in [0, 0.1) is 0 Å². The summed E-state index contributed by atoms with van der Waals surface area (Å²) in [5, 5.41) is 0. The van der Waals surface area contributed by atoms with Gasteiger partial charge in [0.25, 0.3) is 0 Å². The Balaban J connectivity index is 1.63. The van der Waals surface area contributed by atoms with Crippen LogP contribution in [0.3, 0.4) is 0 Å². The smallest absolute Gasteiger partial charge is 0.229 e. The van der Waals surface area contributed by atoms with Gasteiger partial charge in [-0.2, -0.15) is 0 Å². The molecule has 5 rings (SSSR count). The maximum atomic E-state index is 6.20. The predicted octanol–water partition coefficient (Wildman–Crippen LogP) is 5.53. The maximum absolute atomic E-state index is 6.20. The molecule has 0 atom stereocenters. The summed E-state index contributed by atoms with van der Waals surface area (Å²) in [6, 6.07) is 29.4. The molecular weight excluding hydrogens is 386 g/mol. The molecule has 31 heavy (non-hydrogen) atoms. The first kappa shape index (κ1) is 18.6. The van der Waals surface area contributed by atoms with Crippen molar-refractivity contribution < 1.29 is 4.42 Å². The highest BCUT2D eigenvalue weighted by Crippen LogP contribution is 2.36. The van der Waals surface area contributed by atoms with E-state index in [0.717, 1.165) is 16.8 Å². The van der Waals surface area contributed by atoms with Crippen molar-refractivity contribution in [2.45, 2.75) is 0 Å². The number of nitrogens with two attached hydrogens (primary N) is 1. The second-order valence-electron chi connectivity index (χ2n) is 6.89. The third-order valence-corrected chi connectivity index (χ3v) is 4.81. The molecule has 2 heterocycles. The Hall–Kier alpha value is -4.45. The molecule has 150 valence electrons. The fourth-order valence-corrected chi connectivity index (χ4v) is 3.29. The lowest BCUT2D eigenvalue weighted by Crippen LogP contribution is -1.93. The van der Waals surface area contributed by atoms with Crippen LogP contribution in [-0.2, 0) is 0 Å². The van der Waals surface area contributed by atoms with Gasteiger partial charge in [-0.05, 0) is 29.8 Å². The van der Waals surface area contributed by atoms with Crippen molar-refractivity contribution in [2.24, 2.45) is 4.99 Å². The number of hydrogen-bond acceptors (Lipinski definition) is 5. The number of nitrogens with zero attached hydrogens (tertiary/aromatic N) is 4. The van der Waals surface area contributed by atoms with Crippen LogP contribution in [0.25, 0.3) is 28.5 Å². The fourth-order valence-electron chi connectivity index (χ4n) is 3.29. The summed E-state index contributed by atoms with van der Waals surface area (Å²) in [6.45, 7) is 0. The third-order valence-electron chi connectivity index (χ3n) is 4.81. The molecule has 0 bridgehead atoms. The molecule has 0 radical (unpaired) electrons. The van der Waals surface area contributed by atoms with Crippen molar-refractivity contribution in [2.75, 3.05) is 5.73 Å². The standard InChI is InChI=1S/C25H19N5O/c26-23-21(29-25(31-23)19-12-6-2-7-13-19)22-24(27-16-18-10-4-1-5-11-18)30(17-28-22)20-14-8-3-9-15-20/h1-17H,26H2/b27-16+. The molecule has 3 aromatic carbocycles. The summed E-state index contributed by atoms with van der Waals surface area (Å²) < 4.78 is 7.66. The minimum Gasteiger partial charge on any atom is -0.420 e. The quantitative estimate of drug-likeness (QED) is 0.390. The van der Waals surface area contributed by atoms with Crippen molar-refractivity contribution in [3.05, 3.63) is 103 Å². The average Bonchev–Trinajstić information content (AvgIpc) is 3.42. The Morgan fingerprint density at radius 1 is 0.806 bits per heavy atom. The highest BCUT2D eigenvalue weighted by molar-refractivity contribution is 5.85. The lowest BCUT2D eigenvalue weighted by atomic mass is 10.2. The van der Waals surface area contributed by atoms with Crippen molar-refractivity contribution in [1.29, 1.82) is 0 Å². The van der Waals surface area contributed by atoms with Gasteiger partial charge in [0.1, 0.15) is 12.0 Å². The number of benzene rings is 3. The predicted molar refractivity (Wildman–Crippen MR) is 123 cm³/mol. The summed E-state index contributed by atoms with van der Waals surface area (Å²) in [4.78, 5) is 14.0. The van der Waals surface area contributed by atoms with E-state index in [4.69, 9.17) is 15.1 Å². The van der Waals surface area contributed by atoms with Crippen LogP contribution in [0.4, 0.5) is 11.7 Å². The van der Waals surface area contributed by atoms with Gasteiger partial charge in [0, 0.05) is 17.5 Å². The van der Waals surface area contributed by atoms with E-state index < -0.39 is 0 Å². The minimum atomic E-state index is 0.202. The second-order valence-corrected chi connectivity index (χ2v) is 6.89. The van der Waals surface area contributed by atoms with Gasteiger partial charge >= 0.3 is 0 Å². The number of para-hydroxylation sites is 1. The molecule has 0 saturated carbocycles. The number of aliphatic imine (C=N–C) groups is 1. The maximum Gasteiger partial charge on any atom is 0.229 e. The van der Waals surface area contributed by atoms with Crippen molar-refractivity contribution in [3.8, 4) is 28.5 Å². The zero-order valence-corrected chi connectivity index (χ0v) is 16.6. The number of aromatic nitrogens is 3. The molecule has 0 fully saturated rings. The summed E-state index contributed by atoms with van der Waals surface area (Å²) in [5.41, 5.74) is 9.99. The summed E-state index contributed by atoms with van der Waals surface area (Å²) in [6.07, 6.45) is 3.52. The van der Waals surface area contributed by atoms with E-state index in [1.54, 1.807) is 12.5 Å². The first-order chi connectivity index (χ1) is 15.3. The van der Waals surface area contributed by atoms with Crippen LogP contribution in [0.5, 0.6) is 0 Å². The number of imidazole rings is 1. The van der Waals surface area contributed by atoms with E-state index >= 15 is 0 Å². The highest BCUT2D eigenvalue weighted by atomic mass is 16.4. The number of oxazole rings is 1. The molecule has 0 amide bonds. The first-order valence-electron chi connectivity index (χ1n) is 9.83. The van der Waals surface area contributed by atoms with E-state index in [2.05, 4.69) is 9.97 Å². The Labute approximate surface area is 179 Å². The van der Waals surface area contributed by atoms with Crippen LogP contribution >= 0.6 is 0 Å². The Morgan fingerprint density at radius 3 is 2.16 bits per heavy atom. The summed E-state index contributed by atoms with van der Waals surface area (Å²) in [5.74, 6) is 1.27. The largest absolute Gasteiger partial charge is 0.420 e. The van der Waals surface area contributed by atoms with Crippen LogP contribution in [0.1, 0.15) is 5.56 Å². The van der Waals surface area contributed by atoms with Gasteiger partial charge < -0.3 is 10.2 Å². The van der Waals surface area contributed by atoms with Gasteiger partial charge in [-0.1, -0.05) is 66.7 Å². The molecule has 0 aliphatic carbocycles. The molecule has 0 aliphatic rings. The SMILES string of the molecule is Nc1oc(-c2ccccc2)nc1-c1ncn(-c2ccccc2)c1/N=C/c1ccccc1. The molecule has 0 spiro atoms. The Morgan fingerprint density at radius 2 is 1.45 bits per heavy atom. The van der Waals surface area contributed by atoms with Crippen LogP contribution < -0.4 is 5.73 Å². The van der Waals surface area contributed by atoms with Crippen LogP contribution in [0.15, 0.2) is 107 Å². The van der Waals surface area contributed by atoms with Gasteiger partial charge in [0.05, 0.1) is 0 Å². The van der Waals surface area contributed by atoms with E-state index in [0.29, 0.717) is 23.1 Å². The molecule has 5 aromatic rings. The number of nitrogen functional groups attached to an aromatic ring is 1. The van der Waals surface area contributed by atoms with E-state index in [9.17, 15) is 0 Å². The molecule has 0 unspecified atom stereocenters. The third kappa shape index (κ3) is 3.74. The Bertz CT molecular complexity index is 1320. The average molecular weight is 405 g/mol. The lowest BCUT2D eigenvalue weighted by molar-refractivity contribution is 0.594. The second kappa shape index (κ2) is 8.12. The van der Waals surface area contributed by atoms with Gasteiger partial charge in [-0.3, -0.25) is 4.57 Å². The zero-order valence-electron chi connectivity index (χ0n) is 16.6. The molecule has 0 saturated heterocycles. The molecule has 0 aliphatic heterocycles. The van der Waals surface area contributed by atoms with E-state index in [1.807, 2.05) is 95.6 Å². The van der Waals surface area contributed by atoms with Gasteiger partial charge in [0.15, 0.2) is 11.5 Å². The molecule has 6 nitrogen and oxygen atoms in total. The molecular formula is C25H19N5O. The van der Waals surface area contributed by atoms with Crippen molar-refractivity contribution in [1.82, 2.24) is 14.5 Å². The van der Waals surface area contributed by atoms with Gasteiger partial charge in [-0.25, -0.2) is 15.0 Å². The zero-order chi connectivity index (χ0) is 21.0. The first-order valence-corrected chi connectivity index (χ1v) is 9.83. The van der Waals surface area contributed by atoms with Crippen LogP contribution in [0.2, 0.25) is 0 Å². The van der Waals surface area contributed by atoms with Crippen molar-refractivity contribution in [3.63, 3.8) is 0 Å². The van der Waals surface area contributed by atoms with Gasteiger partial charge in [0.2, 0.25) is 11.8 Å². The van der Waals surface area contributed by atoms with Crippen molar-refractivity contribution >= 4 is 17.9 Å². The fraction of sp³-hybridized carbons (Fsp3) is 0. The number of anilines is 1. The van der Waals surface area contributed by atoms with E-state index in [-0.39, 0.29) is 5.88 Å². The summed E-state index contributed by atoms with van der Waals surface area (Å²) >= 11 is 0. The van der Waals surface area contributed by atoms with Gasteiger partial charge in [-0.15, -0.1) is 0 Å².